The third-order valence-corrected chi connectivity index (χ3v) is 5.01. The van der Waals surface area contributed by atoms with Crippen molar-refractivity contribution >= 4 is 23.4 Å². The maximum atomic E-state index is 12.3. The Hall–Kier alpha value is -3.40. The Labute approximate surface area is 176 Å². The van der Waals surface area contributed by atoms with Crippen LogP contribution in [0.3, 0.4) is 0 Å². The van der Waals surface area contributed by atoms with Crippen LogP contribution in [0.2, 0.25) is 0 Å². The molecule has 30 heavy (non-hydrogen) atoms. The number of aromatic nitrogens is 2. The highest BCUT2D eigenvalue weighted by atomic mass is 32.2. The number of hydrogen-bond acceptors (Lipinski definition) is 9. The predicted octanol–water partition coefficient (Wildman–Crippen LogP) is 3.26. The molecule has 0 spiro atoms. The molecule has 1 amide bonds. The van der Waals surface area contributed by atoms with Gasteiger partial charge in [0.15, 0.2) is 23.0 Å². The lowest BCUT2D eigenvalue weighted by atomic mass is 10.2. The van der Waals surface area contributed by atoms with Crippen LogP contribution >= 0.6 is 11.8 Å². The first kappa shape index (κ1) is 19.9. The fourth-order valence-electron chi connectivity index (χ4n) is 2.80. The zero-order valence-corrected chi connectivity index (χ0v) is 17.2. The number of fused-ring (bicyclic) bond motifs is 1. The van der Waals surface area contributed by atoms with Crippen LogP contribution in [0.25, 0.3) is 11.5 Å². The standard InChI is InChI=1S/C20H19N3O6S/c1-25-14-6-4-13(10-16(14)26-2)21-18(24)11-30-20-23-22-19(29-20)12-3-5-15-17(9-12)28-8-7-27-15/h3-6,9-10H,7-8,11H2,1-2H3,(H,21,24). The van der Waals surface area contributed by atoms with Gasteiger partial charge < -0.3 is 28.7 Å². The number of nitrogens with one attached hydrogen (secondary N) is 1. The first-order valence-corrected chi connectivity index (χ1v) is 10.0. The number of benzene rings is 2. The Bertz CT molecular complexity index is 1050. The molecule has 0 fully saturated rings. The van der Waals surface area contributed by atoms with Crippen molar-refractivity contribution in [3.05, 3.63) is 36.4 Å². The first-order chi connectivity index (χ1) is 14.7. The number of anilines is 1. The minimum atomic E-state index is -0.216. The van der Waals surface area contributed by atoms with Crippen LogP contribution in [0.15, 0.2) is 46.0 Å². The molecule has 0 atom stereocenters. The van der Waals surface area contributed by atoms with E-state index in [4.69, 9.17) is 23.4 Å². The molecular formula is C20H19N3O6S. The lowest BCUT2D eigenvalue weighted by molar-refractivity contribution is -0.113. The molecule has 0 aliphatic carbocycles. The zero-order valence-electron chi connectivity index (χ0n) is 16.3. The van der Waals surface area contributed by atoms with Gasteiger partial charge in [0, 0.05) is 17.3 Å². The van der Waals surface area contributed by atoms with Gasteiger partial charge >= 0.3 is 0 Å². The summed E-state index contributed by atoms with van der Waals surface area (Å²) >= 11 is 1.15. The number of rotatable bonds is 7. The SMILES string of the molecule is COc1ccc(NC(=O)CSc2nnc(-c3ccc4c(c3)OCCO4)o2)cc1OC. The number of thioether (sulfide) groups is 1. The van der Waals surface area contributed by atoms with Gasteiger partial charge in [0.25, 0.3) is 5.22 Å². The molecule has 4 rings (SSSR count). The number of hydrogen-bond donors (Lipinski definition) is 1. The smallest absolute Gasteiger partial charge is 0.277 e. The van der Waals surface area contributed by atoms with Crippen molar-refractivity contribution in [3.8, 4) is 34.5 Å². The van der Waals surface area contributed by atoms with Gasteiger partial charge in [-0.25, -0.2) is 0 Å². The molecule has 0 saturated heterocycles. The topological polar surface area (TPSA) is 105 Å². The second-order valence-electron chi connectivity index (χ2n) is 6.14. The highest BCUT2D eigenvalue weighted by molar-refractivity contribution is 7.99. The zero-order chi connectivity index (χ0) is 20.9. The molecule has 1 aliphatic rings. The lowest BCUT2D eigenvalue weighted by Crippen LogP contribution is -2.15. The van der Waals surface area contributed by atoms with Crippen LogP contribution in [-0.4, -0.2) is 49.3 Å². The van der Waals surface area contributed by atoms with E-state index in [2.05, 4.69) is 15.5 Å². The van der Waals surface area contributed by atoms with E-state index in [1.54, 1.807) is 37.4 Å². The summed E-state index contributed by atoms with van der Waals surface area (Å²) in [6, 6.07) is 10.6. The largest absolute Gasteiger partial charge is 0.493 e. The molecule has 1 aliphatic heterocycles. The van der Waals surface area contributed by atoms with Crippen molar-refractivity contribution < 1.29 is 28.2 Å². The summed E-state index contributed by atoms with van der Waals surface area (Å²) in [4.78, 5) is 12.3. The van der Waals surface area contributed by atoms with Crippen molar-refractivity contribution in [1.82, 2.24) is 10.2 Å². The maximum Gasteiger partial charge on any atom is 0.277 e. The minimum Gasteiger partial charge on any atom is -0.493 e. The molecule has 0 unspecified atom stereocenters. The van der Waals surface area contributed by atoms with Gasteiger partial charge in [-0.05, 0) is 30.3 Å². The second kappa shape index (κ2) is 8.95. The number of ether oxygens (including phenoxy) is 4. The van der Waals surface area contributed by atoms with E-state index in [1.165, 1.54) is 7.11 Å². The summed E-state index contributed by atoms with van der Waals surface area (Å²) < 4.78 is 27.2. The van der Waals surface area contributed by atoms with Crippen molar-refractivity contribution in [2.45, 2.75) is 5.22 Å². The van der Waals surface area contributed by atoms with Crippen LogP contribution in [-0.2, 0) is 4.79 Å². The van der Waals surface area contributed by atoms with Crippen molar-refractivity contribution in [3.63, 3.8) is 0 Å². The number of methoxy groups -OCH3 is 2. The highest BCUT2D eigenvalue weighted by Crippen LogP contribution is 2.35. The van der Waals surface area contributed by atoms with E-state index in [1.807, 2.05) is 6.07 Å². The molecule has 1 N–H and O–H groups in total. The quantitative estimate of drug-likeness (QED) is 0.567. The molecule has 2 aromatic carbocycles. The highest BCUT2D eigenvalue weighted by Gasteiger charge is 2.16. The molecule has 156 valence electrons. The van der Waals surface area contributed by atoms with Crippen LogP contribution in [0.5, 0.6) is 23.0 Å². The third-order valence-electron chi connectivity index (χ3n) is 4.19. The van der Waals surface area contributed by atoms with E-state index in [-0.39, 0.29) is 11.7 Å². The number of nitrogens with zero attached hydrogens (tertiary/aromatic N) is 2. The van der Waals surface area contributed by atoms with E-state index in [0.29, 0.717) is 58.6 Å². The summed E-state index contributed by atoms with van der Waals surface area (Å²) in [6.45, 7) is 1.02. The molecular weight excluding hydrogens is 410 g/mol. The Morgan fingerprint density at radius 3 is 2.63 bits per heavy atom. The average molecular weight is 429 g/mol. The summed E-state index contributed by atoms with van der Waals surface area (Å²) in [6.07, 6.45) is 0. The van der Waals surface area contributed by atoms with E-state index >= 15 is 0 Å². The van der Waals surface area contributed by atoms with Gasteiger partial charge in [-0.3, -0.25) is 4.79 Å². The Morgan fingerprint density at radius 1 is 1.03 bits per heavy atom. The van der Waals surface area contributed by atoms with Crippen LogP contribution in [0.4, 0.5) is 5.69 Å². The molecule has 0 radical (unpaired) electrons. The normalized spacial score (nSPS) is 12.3. The Morgan fingerprint density at radius 2 is 1.83 bits per heavy atom. The summed E-state index contributed by atoms with van der Waals surface area (Å²) in [5, 5.41) is 11.1. The third kappa shape index (κ3) is 4.43. The van der Waals surface area contributed by atoms with Crippen LogP contribution < -0.4 is 24.3 Å². The molecule has 0 saturated carbocycles. The predicted molar refractivity (Wildman–Crippen MR) is 110 cm³/mol. The minimum absolute atomic E-state index is 0.108. The van der Waals surface area contributed by atoms with Gasteiger partial charge in [0.05, 0.1) is 20.0 Å². The van der Waals surface area contributed by atoms with Gasteiger partial charge in [0.1, 0.15) is 13.2 Å². The number of carbonyl (C=O) groups is 1. The first-order valence-electron chi connectivity index (χ1n) is 9.04. The average Bonchev–Trinajstić information content (AvgIpc) is 3.26. The van der Waals surface area contributed by atoms with Crippen molar-refractivity contribution in [2.24, 2.45) is 0 Å². The monoisotopic (exact) mass is 429 g/mol. The molecule has 9 nitrogen and oxygen atoms in total. The van der Waals surface area contributed by atoms with E-state index in [0.717, 1.165) is 11.8 Å². The van der Waals surface area contributed by atoms with Crippen LogP contribution in [0.1, 0.15) is 0 Å². The van der Waals surface area contributed by atoms with Crippen molar-refractivity contribution in [1.29, 1.82) is 0 Å². The maximum absolute atomic E-state index is 12.3. The fraction of sp³-hybridized carbons (Fsp3) is 0.250. The molecule has 1 aromatic heterocycles. The van der Waals surface area contributed by atoms with Gasteiger partial charge in [-0.2, -0.15) is 0 Å². The lowest BCUT2D eigenvalue weighted by Gasteiger charge is -2.18. The van der Waals surface area contributed by atoms with E-state index < -0.39 is 0 Å². The van der Waals surface area contributed by atoms with Gasteiger partial charge in [0.2, 0.25) is 11.8 Å². The molecule has 2 heterocycles. The summed E-state index contributed by atoms with van der Waals surface area (Å²) in [7, 11) is 3.09. The number of amides is 1. The van der Waals surface area contributed by atoms with E-state index in [9.17, 15) is 4.79 Å². The van der Waals surface area contributed by atoms with Gasteiger partial charge in [-0.15, -0.1) is 10.2 Å². The van der Waals surface area contributed by atoms with Gasteiger partial charge in [-0.1, -0.05) is 11.8 Å². The molecule has 3 aromatic rings. The molecule has 10 heteroatoms. The fourth-order valence-corrected chi connectivity index (χ4v) is 3.36. The Balaban J connectivity index is 1.36. The molecule has 0 bridgehead atoms. The van der Waals surface area contributed by atoms with Crippen LogP contribution in [0, 0.1) is 0 Å². The Kier molecular flexibility index (Phi) is 5.94. The summed E-state index contributed by atoms with van der Waals surface area (Å²) in [5.41, 5.74) is 1.31. The van der Waals surface area contributed by atoms with Crippen molar-refractivity contribution in [2.75, 3.05) is 38.5 Å². The second-order valence-corrected chi connectivity index (χ2v) is 7.06. The number of carbonyl (C=O) groups excluding carboxylic acids is 1. The summed E-state index contributed by atoms with van der Waals surface area (Å²) in [5.74, 6) is 2.68.